The predicted molar refractivity (Wildman–Crippen MR) is 161 cm³/mol. The van der Waals surface area contributed by atoms with E-state index in [1.54, 1.807) is 29.2 Å². The molecule has 1 aliphatic heterocycles. The molecule has 2 amide bonds. The van der Waals surface area contributed by atoms with Gasteiger partial charge in [-0.1, -0.05) is 63.9 Å². The van der Waals surface area contributed by atoms with Crippen molar-refractivity contribution in [2.45, 2.75) is 18.4 Å². The number of hydrogen-bond donors (Lipinski definition) is 3. The van der Waals surface area contributed by atoms with Crippen LogP contribution in [0.2, 0.25) is 5.02 Å². The van der Waals surface area contributed by atoms with E-state index in [-0.39, 0.29) is 28.8 Å². The number of rotatable bonds is 7. The number of esters is 1. The standard InChI is InChI=1S/C31H27BrClN3O6/c32-21-8-6-20(7-9-21)31(42-30(40)19-5-11-26(37)25(33)17-19)13-15-36(16-14-31)28(38)18-41-27-12-10-24(29(39)35-34)22-3-1-2-4-23(22)27/h1-12,17,37H,13-16,18,34H2,(H,35,39). The monoisotopic (exact) mass is 651 g/mol. The van der Waals surface area contributed by atoms with Crippen LogP contribution in [0.15, 0.2) is 83.3 Å². The van der Waals surface area contributed by atoms with Crippen LogP contribution in [0.1, 0.15) is 39.1 Å². The molecule has 1 aliphatic rings. The molecule has 0 unspecified atom stereocenters. The second kappa shape index (κ2) is 12.4. The molecule has 0 atom stereocenters. The molecule has 11 heteroatoms. The minimum atomic E-state index is -0.977. The number of nitrogen functional groups attached to an aromatic ring is 1. The summed E-state index contributed by atoms with van der Waals surface area (Å²) in [6.45, 7) is 0.458. The summed E-state index contributed by atoms with van der Waals surface area (Å²) >= 11 is 9.46. The zero-order chi connectivity index (χ0) is 29.9. The molecule has 9 nitrogen and oxygen atoms in total. The summed E-state index contributed by atoms with van der Waals surface area (Å²) < 4.78 is 12.9. The van der Waals surface area contributed by atoms with E-state index >= 15 is 0 Å². The average molecular weight is 653 g/mol. The summed E-state index contributed by atoms with van der Waals surface area (Å²) in [5.41, 5.74) is 2.58. The van der Waals surface area contributed by atoms with Crippen LogP contribution in [-0.4, -0.2) is 47.5 Å². The Hall–Kier alpha value is -4.12. The van der Waals surface area contributed by atoms with Gasteiger partial charge in [0.25, 0.3) is 11.8 Å². The van der Waals surface area contributed by atoms with Crippen molar-refractivity contribution in [2.24, 2.45) is 5.84 Å². The first-order valence-electron chi connectivity index (χ1n) is 13.1. The quantitative estimate of drug-likeness (QED) is 0.107. The molecule has 5 rings (SSSR count). The van der Waals surface area contributed by atoms with Crippen LogP contribution in [0.25, 0.3) is 10.8 Å². The van der Waals surface area contributed by atoms with Gasteiger partial charge < -0.3 is 19.5 Å². The lowest BCUT2D eigenvalue weighted by molar-refractivity contribution is -0.138. The van der Waals surface area contributed by atoms with E-state index in [1.165, 1.54) is 18.2 Å². The Kier molecular flexibility index (Phi) is 8.67. The lowest BCUT2D eigenvalue weighted by atomic mass is 9.84. The fraction of sp³-hybridized carbons (Fsp3) is 0.194. The van der Waals surface area contributed by atoms with E-state index in [4.69, 9.17) is 26.9 Å². The van der Waals surface area contributed by atoms with E-state index in [1.807, 2.05) is 36.4 Å². The largest absolute Gasteiger partial charge is 0.506 e. The molecule has 4 N–H and O–H groups in total. The number of nitrogens with zero attached hydrogens (tertiary/aromatic N) is 1. The molecule has 1 fully saturated rings. The normalized spacial score (nSPS) is 14.3. The van der Waals surface area contributed by atoms with Crippen LogP contribution in [0, 0.1) is 0 Å². The zero-order valence-electron chi connectivity index (χ0n) is 22.3. The Bertz CT molecular complexity index is 1650. The van der Waals surface area contributed by atoms with Crippen molar-refractivity contribution >= 4 is 56.1 Å². The highest BCUT2D eigenvalue weighted by molar-refractivity contribution is 9.10. The van der Waals surface area contributed by atoms with Crippen molar-refractivity contribution in [3.63, 3.8) is 0 Å². The number of nitrogens with one attached hydrogen (secondary N) is 1. The number of carbonyl (C=O) groups is 3. The fourth-order valence-corrected chi connectivity index (χ4v) is 5.54. The number of piperidine rings is 1. The van der Waals surface area contributed by atoms with Crippen molar-refractivity contribution in [3.8, 4) is 11.5 Å². The third-order valence-electron chi connectivity index (χ3n) is 7.38. The smallest absolute Gasteiger partial charge is 0.339 e. The summed E-state index contributed by atoms with van der Waals surface area (Å²) in [5, 5.41) is 11.1. The second-order valence-electron chi connectivity index (χ2n) is 9.86. The molecule has 4 aromatic carbocycles. The number of halogens is 2. The Balaban J connectivity index is 1.30. The van der Waals surface area contributed by atoms with Crippen LogP contribution in [0.4, 0.5) is 0 Å². The molecule has 0 aromatic heterocycles. The summed E-state index contributed by atoms with van der Waals surface area (Å²) in [6.07, 6.45) is 0.730. The SMILES string of the molecule is NNC(=O)c1ccc(OCC(=O)N2CCC(OC(=O)c3ccc(O)c(Cl)c3)(c3ccc(Br)cc3)CC2)c2ccccc12. The number of benzene rings is 4. The molecule has 216 valence electrons. The van der Waals surface area contributed by atoms with Crippen molar-refractivity contribution in [2.75, 3.05) is 19.7 Å². The maximum Gasteiger partial charge on any atom is 0.339 e. The third-order valence-corrected chi connectivity index (χ3v) is 8.21. The van der Waals surface area contributed by atoms with E-state index in [0.29, 0.717) is 48.0 Å². The van der Waals surface area contributed by atoms with Gasteiger partial charge in [-0.3, -0.25) is 15.0 Å². The number of ether oxygens (including phenoxy) is 2. The number of phenols is 1. The van der Waals surface area contributed by atoms with Gasteiger partial charge in [-0.05, 0) is 53.4 Å². The van der Waals surface area contributed by atoms with Gasteiger partial charge in [0.1, 0.15) is 17.1 Å². The number of phenolic OH excluding ortho intramolecular Hbond substituents is 1. The number of aromatic hydroxyl groups is 1. The van der Waals surface area contributed by atoms with Gasteiger partial charge in [0.05, 0.1) is 10.6 Å². The summed E-state index contributed by atoms with van der Waals surface area (Å²) in [4.78, 5) is 40.2. The van der Waals surface area contributed by atoms with Crippen molar-refractivity contribution in [1.29, 1.82) is 0 Å². The molecule has 0 spiro atoms. The minimum absolute atomic E-state index is 0.0487. The third kappa shape index (κ3) is 6.06. The van der Waals surface area contributed by atoms with Gasteiger partial charge in [0.2, 0.25) is 0 Å². The van der Waals surface area contributed by atoms with Gasteiger partial charge in [-0.25, -0.2) is 10.6 Å². The topological polar surface area (TPSA) is 131 Å². The van der Waals surface area contributed by atoms with Crippen LogP contribution in [-0.2, 0) is 15.1 Å². The number of fused-ring (bicyclic) bond motifs is 1. The van der Waals surface area contributed by atoms with E-state index < -0.39 is 17.5 Å². The lowest BCUT2D eigenvalue weighted by Gasteiger charge is -2.41. The highest BCUT2D eigenvalue weighted by Gasteiger charge is 2.41. The summed E-state index contributed by atoms with van der Waals surface area (Å²) in [6, 6.07) is 22.2. The Morgan fingerprint density at radius 3 is 2.33 bits per heavy atom. The summed E-state index contributed by atoms with van der Waals surface area (Å²) in [5.74, 6) is 4.43. The minimum Gasteiger partial charge on any atom is -0.506 e. The molecular weight excluding hydrogens is 626 g/mol. The van der Waals surface area contributed by atoms with Crippen molar-refractivity contribution in [3.05, 3.63) is 105 Å². The Labute approximate surface area is 255 Å². The molecule has 4 aromatic rings. The number of carbonyl (C=O) groups excluding carboxylic acids is 3. The maximum atomic E-state index is 13.2. The molecule has 1 saturated heterocycles. The molecule has 42 heavy (non-hydrogen) atoms. The number of amides is 2. The van der Waals surface area contributed by atoms with E-state index in [2.05, 4.69) is 21.4 Å². The molecular formula is C31H27BrClN3O6. The molecule has 0 bridgehead atoms. The first kappa shape index (κ1) is 29.4. The van der Waals surface area contributed by atoms with E-state index in [0.717, 1.165) is 10.0 Å². The van der Waals surface area contributed by atoms with Crippen LogP contribution >= 0.6 is 27.5 Å². The average Bonchev–Trinajstić information content (AvgIpc) is 3.01. The molecule has 1 heterocycles. The van der Waals surface area contributed by atoms with Gasteiger partial charge in [0.15, 0.2) is 6.61 Å². The van der Waals surface area contributed by atoms with E-state index in [9.17, 15) is 19.5 Å². The number of hydrogen-bond acceptors (Lipinski definition) is 7. The number of likely N-dealkylation sites (tertiary alicyclic amines) is 1. The van der Waals surface area contributed by atoms with Gasteiger partial charge in [-0.15, -0.1) is 0 Å². The van der Waals surface area contributed by atoms with Crippen LogP contribution in [0.3, 0.4) is 0 Å². The Morgan fingerprint density at radius 2 is 1.67 bits per heavy atom. The second-order valence-corrected chi connectivity index (χ2v) is 11.2. The van der Waals surface area contributed by atoms with Gasteiger partial charge in [0, 0.05) is 41.4 Å². The van der Waals surface area contributed by atoms with Crippen molar-refractivity contribution in [1.82, 2.24) is 10.3 Å². The molecule has 0 radical (unpaired) electrons. The van der Waals surface area contributed by atoms with Crippen molar-refractivity contribution < 1.29 is 29.0 Å². The predicted octanol–water partition coefficient (Wildman–Crippen LogP) is 5.32. The van der Waals surface area contributed by atoms with Crippen LogP contribution < -0.4 is 16.0 Å². The lowest BCUT2D eigenvalue weighted by Crippen LogP contribution is -2.48. The first-order chi connectivity index (χ1) is 20.2. The highest BCUT2D eigenvalue weighted by atomic mass is 79.9. The highest BCUT2D eigenvalue weighted by Crippen LogP contribution is 2.39. The summed E-state index contributed by atoms with van der Waals surface area (Å²) in [7, 11) is 0. The molecule has 0 saturated carbocycles. The molecule has 0 aliphatic carbocycles. The first-order valence-corrected chi connectivity index (χ1v) is 14.3. The maximum absolute atomic E-state index is 13.2. The zero-order valence-corrected chi connectivity index (χ0v) is 24.7. The Morgan fingerprint density at radius 1 is 0.976 bits per heavy atom. The van der Waals surface area contributed by atoms with Gasteiger partial charge >= 0.3 is 5.97 Å². The van der Waals surface area contributed by atoms with Crippen LogP contribution in [0.5, 0.6) is 11.5 Å². The fourth-order valence-electron chi connectivity index (χ4n) is 5.09. The van der Waals surface area contributed by atoms with Gasteiger partial charge in [-0.2, -0.15) is 0 Å². The number of nitrogens with two attached hydrogens (primary N) is 1. The number of hydrazine groups is 1.